The summed E-state index contributed by atoms with van der Waals surface area (Å²) in [4.78, 5) is 23.2. The molecule has 2 heterocycles. The number of rotatable bonds is 2. The zero-order valence-electron chi connectivity index (χ0n) is 13.2. The number of furan rings is 1. The van der Waals surface area contributed by atoms with Gasteiger partial charge in [-0.25, -0.2) is 0 Å². The van der Waals surface area contributed by atoms with E-state index in [4.69, 9.17) is 4.42 Å². The molecule has 2 amide bonds. The summed E-state index contributed by atoms with van der Waals surface area (Å²) >= 11 is 0. The van der Waals surface area contributed by atoms with E-state index in [0.717, 1.165) is 21.8 Å². The topological polar surface area (TPSA) is 59.3 Å². The maximum atomic E-state index is 11.9. The molecule has 4 nitrogen and oxygen atoms in total. The van der Waals surface area contributed by atoms with Gasteiger partial charge in [-0.15, -0.1) is 0 Å². The summed E-state index contributed by atoms with van der Waals surface area (Å²) in [5, 5.41) is 3.28. The third kappa shape index (κ3) is 3.51. The van der Waals surface area contributed by atoms with Crippen molar-refractivity contribution in [3.63, 3.8) is 0 Å². The standard InChI is InChI=1S/C15H17NO3.C2H6/c1-4-9(3)14-11(8-19-12(14)5-2)10-6-7-13(17)16-15(10)18;1-2/h4-5,8,10H,1,6-7H2,2-3H3,(H,16,17,18);1-2H3/b12-5+,14-9-;. The molecule has 0 radical (unpaired) electrons. The van der Waals surface area contributed by atoms with Crippen molar-refractivity contribution in [1.82, 2.24) is 5.32 Å². The molecule has 1 unspecified atom stereocenters. The van der Waals surface area contributed by atoms with Crippen molar-refractivity contribution in [3.05, 3.63) is 35.1 Å². The van der Waals surface area contributed by atoms with E-state index in [0.29, 0.717) is 12.8 Å². The fourth-order valence-corrected chi connectivity index (χ4v) is 2.37. The van der Waals surface area contributed by atoms with E-state index in [2.05, 4.69) is 11.9 Å². The SMILES string of the molecule is C=C/C(C)=c1/c(C2CCC(=O)NC2=O)co/c1=C/C.CC. The monoisotopic (exact) mass is 289 g/mol. The number of carbonyl (C=O) groups is 2. The van der Waals surface area contributed by atoms with Gasteiger partial charge in [-0.3, -0.25) is 14.9 Å². The highest BCUT2D eigenvalue weighted by atomic mass is 16.3. The van der Waals surface area contributed by atoms with Crippen LogP contribution >= 0.6 is 0 Å². The van der Waals surface area contributed by atoms with Crippen LogP contribution in [0.4, 0.5) is 0 Å². The Morgan fingerprint density at radius 2 is 2.10 bits per heavy atom. The van der Waals surface area contributed by atoms with Crippen molar-refractivity contribution in [1.29, 1.82) is 0 Å². The van der Waals surface area contributed by atoms with Gasteiger partial charge in [0.1, 0.15) is 5.42 Å². The number of hydrogen-bond donors (Lipinski definition) is 1. The second kappa shape index (κ2) is 7.62. The maximum Gasteiger partial charge on any atom is 0.234 e. The second-order valence-corrected chi connectivity index (χ2v) is 4.61. The Labute approximate surface area is 125 Å². The molecule has 1 atom stereocenters. The van der Waals surface area contributed by atoms with Crippen LogP contribution in [0.15, 0.2) is 23.3 Å². The van der Waals surface area contributed by atoms with Gasteiger partial charge in [-0.05, 0) is 31.9 Å². The lowest BCUT2D eigenvalue weighted by Crippen LogP contribution is -2.41. The molecule has 0 spiro atoms. The number of allylic oxidation sites excluding steroid dienone is 1. The van der Waals surface area contributed by atoms with E-state index in [9.17, 15) is 9.59 Å². The van der Waals surface area contributed by atoms with Crippen molar-refractivity contribution >= 4 is 23.5 Å². The molecular weight excluding hydrogens is 266 g/mol. The first-order valence-electron chi connectivity index (χ1n) is 7.29. The van der Waals surface area contributed by atoms with Crippen LogP contribution in [0.2, 0.25) is 0 Å². The number of nitrogens with one attached hydrogen (secondary N) is 1. The van der Waals surface area contributed by atoms with E-state index in [-0.39, 0.29) is 17.7 Å². The zero-order chi connectivity index (χ0) is 16.0. The van der Waals surface area contributed by atoms with Crippen LogP contribution in [0.1, 0.15) is 52.0 Å². The summed E-state index contributed by atoms with van der Waals surface area (Å²) in [6, 6.07) is 0. The molecule has 2 rings (SSSR count). The molecule has 0 aromatic carbocycles. The normalized spacial score (nSPS) is 20.4. The number of piperidine rings is 1. The Morgan fingerprint density at radius 3 is 2.62 bits per heavy atom. The van der Waals surface area contributed by atoms with Crippen LogP contribution in [-0.4, -0.2) is 11.8 Å². The van der Waals surface area contributed by atoms with E-state index in [1.807, 2.05) is 33.8 Å². The van der Waals surface area contributed by atoms with Gasteiger partial charge in [0.25, 0.3) is 0 Å². The molecule has 1 aliphatic heterocycles. The summed E-state index contributed by atoms with van der Waals surface area (Å²) in [6.45, 7) is 11.6. The van der Waals surface area contributed by atoms with Crippen LogP contribution in [0.25, 0.3) is 11.6 Å². The van der Waals surface area contributed by atoms with Crippen molar-refractivity contribution in [2.24, 2.45) is 0 Å². The highest BCUT2D eigenvalue weighted by Gasteiger charge is 2.29. The molecule has 1 aromatic rings. The van der Waals surface area contributed by atoms with Crippen molar-refractivity contribution in [2.75, 3.05) is 0 Å². The van der Waals surface area contributed by atoms with E-state index >= 15 is 0 Å². The molecule has 1 aromatic heterocycles. The Kier molecular flexibility index (Phi) is 6.15. The fraction of sp³-hybridized carbons (Fsp3) is 0.412. The van der Waals surface area contributed by atoms with Gasteiger partial charge in [0, 0.05) is 17.2 Å². The molecule has 0 saturated carbocycles. The molecular formula is C17H23NO3. The first-order chi connectivity index (χ1) is 10.1. The van der Waals surface area contributed by atoms with E-state index in [1.165, 1.54) is 0 Å². The van der Waals surface area contributed by atoms with Crippen molar-refractivity contribution in [2.45, 2.75) is 46.5 Å². The second-order valence-electron chi connectivity index (χ2n) is 4.61. The lowest BCUT2D eigenvalue weighted by Gasteiger charge is -2.19. The molecule has 1 fully saturated rings. The van der Waals surface area contributed by atoms with Gasteiger partial charge in [0.2, 0.25) is 11.8 Å². The summed E-state index contributed by atoms with van der Waals surface area (Å²) < 4.78 is 5.51. The maximum absolute atomic E-state index is 11.9. The number of amides is 2. The zero-order valence-corrected chi connectivity index (χ0v) is 13.2. The number of hydrogen-bond acceptors (Lipinski definition) is 3. The quantitative estimate of drug-likeness (QED) is 0.847. The minimum Gasteiger partial charge on any atom is -0.464 e. The molecule has 1 N–H and O–H groups in total. The molecule has 21 heavy (non-hydrogen) atoms. The average molecular weight is 289 g/mol. The Hall–Kier alpha value is -2.10. The van der Waals surface area contributed by atoms with Gasteiger partial charge >= 0.3 is 0 Å². The van der Waals surface area contributed by atoms with Gasteiger partial charge in [-0.2, -0.15) is 0 Å². The summed E-state index contributed by atoms with van der Waals surface area (Å²) in [7, 11) is 0. The molecule has 0 aliphatic carbocycles. The lowest BCUT2D eigenvalue weighted by molar-refractivity contribution is -0.134. The van der Waals surface area contributed by atoms with Crippen molar-refractivity contribution < 1.29 is 14.0 Å². The average Bonchev–Trinajstić information content (AvgIpc) is 2.92. The first-order valence-corrected chi connectivity index (χ1v) is 7.29. The third-order valence-electron chi connectivity index (χ3n) is 3.43. The largest absolute Gasteiger partial charge is 0.464 e. The minimum atomic E-state index is -0.333. The van der Waals surface area contributed by atoms with Gasteiger partial charge in [0.05, 0.1) is 12.2 Å². The summed E-state index contributed by atoms with van der Waals surface area (Å²) in [5.41, 5.74) is 2.52. The first kappa shape index (κ1) is 17.0. The highest BCUT2D eigenvalue weighted by Crippen LogP contribution is 2.22. The van der Waals surface area contributed by atoms with Gasteiger partial charge in [-0.1, -0.05) is 26.5 Å². The summed E-state index contributed by atoms with van der Waals surface area (Å²) in [5.74, 6) is -0.796. The van der Waals surface area contributed by atoms with Crippen LogP contribution in [0.3, 0.4) is 0 Å². The van der Waals surface area contributed by atoms with Gasteiger partial charge < -0.3 is 4.42 Å². The molecule has 0 bridgehead atoms. The third-order valence-corrected chi connectivity index (χ3v) is 3.43. The Morgan fingerprint density at radius 1 is 1.43 bits per heavy atom. The van der Waals surface area contributed by atoms with E-state index < -0.39 is 0 Å². The molecule has 1 aliphatic rings. The predicted octanol–water partition coefficient (Wildman–Crippen LogP) is 1.98. The minimum absolute atomic E-state index is 0.210. The predicted molar refractivity (Wildman–Crippen MR) is 83.8 cm³/mol. The smallest absolute Gasteiger partial charge is 0.234 e. The highest BCUT2D eigenvalue weighted by molar-refractivity contribution is 6.01. The van der Waals surface area contributed by atoms with Gasteiger partial charge in [0.15, 0.2) is 0 Å². The lowest BCUT2D eigenvalue weighted by atomic mass is 9.90. The van der Waals surface area contributed by atoms with Crippen LogP contribution in [-0.2, 0) is 9.59 Å². The molecule has 1 saturated heterocycles. The van der Waals surface area contributed by atoms with E-state index in [1.54, 1.807) is 12.3 Å². The van der Waals surface area contributed by atoms with Crippen molar-refractivity contribution in [3.8, 4) is 0 Å². The Bertz CT molecular complexity index is 652. The van der Waals surface area contributed by atoms with Crippen LogP contribution in [0.5, 0.6) is 0 Å². The number of imide groups is 1. The fourth-order valence-electron chi connectivity index (χ4n) is 2.37. The number of carbonyl (C=O) groups excluding carboxylic acids is 2. The molecule has 4 heteroatoms. The van der Waals surface area contributed by atoms with Crippen LogP contribution in [0, 0.1) is 0 Å². The van der Waals surface area contributed by atoms with Crippen LogP contribution < -0.4 is 16.0 Å². The molecule has 114 valence electrons. The summed E-state index contributed by atoms with van der Waals surface area (Å²) in [6.07, 6.45) is 6.09. The Balaban J connectivity index is 0.00000106.